The van der Waals surface area contributed by atoms with Gasteiger partial charge in [0.05, 0.1) is 0 Å². The maximum atomic E-state index is 3.74. The molecule has 0 saturated carbocycles. The lowest BCUT2D eigenvalue weighted by Gasteiger charge is -2.51. The van der Waals surface area contributed by atoms with Crippen molar-refractivity contribution < 1.29 is 0 Å². The Morgan fingerprint density at radius 1 is 0.615 bits per heavy atom. The Hall–Kier alpha value is -0.160. The van der Waals surface area contributed by atoms with Gasteiger partial charge in [0.15, 0.2) is 0 Å². The molecule has 0 bridgehead atoms. The van der Waals surface area contributed by atoms with E-state index in [1.54, 1.807) is 0 Å². The van der Waals surface area contributed by atoms with Gasteiger partial charge in [0.1, 0.15) is 0 Å². The third-order valence-corrected chi connectivity index (χ3v) is 5.42. The Morgan fingerprint density at radius 2 is 1.08 bits per heavy atom. The van der Waals surface area contributed by atoms with E-state index in [9.17, 15) is 0 Å². The fourth-order valence-corrected chi connectivity index (χ4v) is 2.91. The third kappa shape index (κ3) is 9.68. The highest BCUT2D eigenvalue weighted by atomic mass is 15.7. The third-order valence-electron chi connectivity index (χ3n) is 5.42. The highest BCUT2D eigenvalue weighted by Gasteiger charge is 2.35. The molecule has 0 heterocycles. The second-order valence-electron chi connectivity index (χ2n) is 10.9. The molecule has 0 aliphatic rings. The standard InChI is InChI=1S/C22H50N4/c1-13-21(9,10)24-16-18-26(22(11,12)14-2)25(20(6,7)8)17-15-23-19(3,4)5/h23-24H,13-18H2,1-12H3. The van der Waals surface area contributed by atoms with Crippen molar-refractivity contribution in [1.29, 1.82) is 0 Å². The van der Waals surface area contributed by atoms with Gasteiger partial charge in [0.25, 0.3) is 0 Å². The Kier molecular flexibility index (Phi) is 9.80. The van der Waals surface area contributed by atoms with Gasteiger partial charge in [-0.15, -0.1) is 0 Å². The summed E-state index contributed by atoms with van der Waals surface area (Å²) >= 11 is 0. The summed E-state index contributed by atoms with van der Waals surface area (Å²) in [7, 11) is 0. The number of nitrogens with zero attached hydrogens (tertiary/aromatic N) is 2. The van der Waals surface area contributed by atoms with Crippen LogP contribution in [0.2, 0.25) is 0 Å². The van der Waals surface area contributed by atoms with E-state index < -0.39 is 0 Å². The molecule has 0 radical (unpaired) electrons. The van der Waals surface area contributed by atoms with Crippen molar-refractivity contribution >= 4 is 0 Å². The van der Waals surface area contributed by atoms with Crippen molar-refractivity contribution in [3.8, 4) is 0 Å². The average Bonchev–Trinajstić information content (AvgIpc) is 2.46. The van der Waals surface area contributed by atoms with Crippen LogP contribution in [0.5, 0.6) is 0 Å². The van der Waals surface area contributed by atoms with Crippen LogP contribution >= 0.6 is 0 Å². The highest BCUT2D eigenvalue weighted by Crippen LogP contribution is 2.26. The molecule has 4 nitrogen and oxygen atoms in total. The largest absolute Gasteiger partial charge is 0.311 e. The summed E-state index contributed by atoms with van der Waals surface area (Å²) in [5, 5.41) is 12.6. The predicted octanol–water partition coefficient (Wildman–Crippen LogP) is 4.66. The average molecular weight is 371 g/mol. The molecule has 0 aromatic heterocycles. The van der Waals surface area contributed by atoms with E-state index in [4.69, 9.17) is 0 Å². The smallest absolute Gasteiger partial charge is 0.0298 e. The van der Waals surface area contributed by atoms with Crippen LogP contribution in [-0.4, -0.2) is 58.4 Å². The molecule has 0 amide bonds. The SMILES string of the molecule is CCC(C)(C)NCCN(N(CCNC(C)(C)C)C(C)(C)C)C(C)(C)CC. The molecule has 26 heavy (non-hydrogen) atoms. The lowest BCUT2D eigenvalue weighted by atomic mass is 9.98. The molecule has 4 heteroatoms. The van der Waals surface area contributed by atoms with Crippen LogP contribution in [0.3, 0.4) is 0 Å². The molecule has 0 aromatic carbocycles. The van der Waals surface area contributed by atoms with Crippen LogP contribution in [-0.2, 0) is 0 Å². The molecule has 0 spiro atoms. The molecule has 0 saturated heterocycles. The monoisotopic (exact) mass is 370 g/mol. The zero-order valence-electron chi connectivity index (χ0n) is 20.1. The Morgan fingerprint density at radius 3 is 1.46 bits per heavy atom. The topological polar surface area (TPSA) is 30.5 Å². The molecular weight excluding hydrogens is 320 g/mol. The number of hydrazine groups is 1. The first kappa shape index (κ1) is 25.8. The summed E-state index contributed by atoms with van der Waals surface area (Å²) in [5.41, 5.74) is 0.572. The minimum atomic E-state index is 0.0896. The van der Waals surface area contributed by atoms with Crippen LogP contribution in [0.15, 0.2) is 0 Å². The number of hydrogen-bond acceptors (Lipinski definition) is 4. The maximum absolute atomic E-state index is 3.74. The first-order valence-corrected chi connectivity index (χ1v) is 10.6. The van der Waals surface area contributed by atoms with E-state index >= 15 is 0 Å². The van der Waals surface area contributed by atoms with Crippen LogP contribution in [0.4, 0.5) is 0 Å². The lowest BCUT2D eigenvalue weighted by molar-refractivity contribution is -0.147. The molecule has 0 aliphatic carbocycles. The minimum Gasteiger partial charge on any atom is -0.311 e. The zero-order valence-corrected chi connectivity index (χ0v) is 20.1. The van der Waals surface area contributed by atoms with Gasteiger partial charge in [0.2, 0.25) is 0 Å². The molecule has 0 fully saturated rings. The van der Waals surface area contributed by atoms with Crippen molar-refractivity contribution in [2.75, 3.05) is 26.2 Å². The molecule has 158 valence electrons. The van der Waals surface area contributed by atoms with E-state index in [-0.39, 0.29) is 22.2 Å². The van der Waals surface area contributed by atoms with Crippen molar-refractivity contribution in [3.63, 3.8) is 0 Å². The molecule has 0 aromatic rings. The summed E-state index contributed by atoms with van der Waals surface area (Å²) in [4.78, 5) is 0. The number of rotatable bonds is 11. The van der Waals surface area contributed by atoms with Gasteiger partial charge in [0, 0.05) is 48.3 Å². The molecule has 0 unspecified atom stereocenters. The normalized spacial score (nSPS) is 14.5. The van der Waals surface area contributed by atoms with Crippen LogP contribution in [0.25, 0.3) is 0 Å². The van der Waals surface area contributed by atoms with Crippen molar-refractivity contribution in [2.45, 2.75) is 118 Å². The van der Waals surface area contributed by atoms with E-state index in [1.807, 2.05) is 0 Å². The minimum absolute atomic E-state index is 0.0896. The second kappa shape index (κ2) is 9.86. The van der Waals surface area contributed by atoms with Gasteiger partial charge in [-0.1, -0.05) is 13.8 Å². The van der Waals surface area contributed by atoms with Crippen LogP contribution < -0.4 is 10.6 Å². The van der Waals surface area contributed by atoms with Crippen molar-refractivity contribution in [3.05, 3.63) is 0 Å². The fraction of sp³-hybridized carbons (Fsp3) is 1.00. The van der Waals surface area contributed by atoms with Crippen molar-refractivity contribution in [1.82, 2.24) is 20.7 Å². The predicted molar refractivity (Wildman–Crippen MR) is 118 cm³/mol. The van der Waals surface area contributed by atoms with Crippen LogP contribution in [0.1, 0.15) is 95.9 Å². The Labute approximate surface area is 165 Å². The van der Waals surface area contributed by atoms with Gasteiger partial charge in [-0.3, -0.25) is 0 Å². The van der Waals surface area contributed by atoms with E-state index in [2.05, 4.69) is 104 Å². The molecule has 0 rings (SSSR count). The molecule has 2 N–H and O–H groups in total. The van der Waals surface area contributed by atoms with Gasteiger partial charge in [-0.05, 0) is 82.1 Å². The zero-order chi connectivity index (χ0) is 20.8. The molecule has 0 aliphatic heterocycles. The van der Waals surface area contributed by atoms with Gasteiger partial charge < -0.3 is 10.6 Å². The van der Waals surface area contributed by atoms with Gasteiger partial charge >= 0.3 is 0 Å². The summed E-state index contributed by atoms with van der Waals surface area (Å²) in [5.74, 6) is 0. The first-order chi connectivity index (χ1) is 11.6. The lowest BCUT2D eigenvalue weighted by Crippen LogP contribution is -2.63. The quantitative estimate of drug-likeness (QED) is 0.518. The fourth-order valence-electron chi connectivity index (χ4n) is 2.91. The molecule has 0 atom stereocenters. The summed E-state index contributed by atoms with van der Waals surface area (Å²) in [6.45, 7) is 31.6. The summed E-state index contributed by atoms with van der Waals surface area (Å²) in [6.07, 6.45) is 2.27. The molecular formula is C22H50N4. The van der Waals surface area contributed by atoms with Crippen molar-refractivity contribution in [2.24, 2.45) is 0 Å². The summed E-state index contributed by atoms with van der Waals surface area (Å²) < 4.78 is 0. The highest BCUT2D eigenvalue weighted by molar-refractivity contribution is 4.86. The van der Waals surface area contributed by atoms with E-state index in [0.29, 0.717) is 0 Å². The number of hydrogen-bond donors (Lipinski definition) is 2. The van der Waals surface area contributed by atoms with E-state index in [1.165, 1.54) is 0 Å². The van der Waals surface area contributed by atoms with E-state index in [0.717, 1.165) is 39.0 Å². The van der Waals surface area contributed by atoms with Gasteiger partial charge in [-0.25, -0.2) is 10.0 Å². The van der Waals surface area contributed by atoms with Gasteiger partial charge in [-0.2, -0.15) is 0 Å². The number of nitrogens with one attached hydrogen (secondary N) is 2. The summed E-state index contributed by atoms with van der Waals surface area (Å²) in [6, 6.07) is 0. The van der Waals surface area contributed by atoms with Crippen LogP contribution in [0, 0.1) is 0 Å². The Balaban J connectivity index is 5.28. The Bertz CT molecular complexity index is 388. The maximum Gasteiger partial charge on any atom is 0.0298 e. The first-order valence-electron chi connectivity index (χ1n) is 10.6. The second-order valence-corrected chi connectivity index (χ2v) is 10.9.